The maximum Gasteiger partial charge on any atom is 0.246 e. The number of hydrogen-bond donors (Lipinski definition) is 1. The van der Waals surface area contributed by atoms with E-state index in [1.165, 1.54) is 0 Å². The van der Waals surface area contributed by atoms with Crippen LogP contribution in [0.5, 0.6) is 0 Å². The van der Waals surface area contributed by atoms with Crippen molar-refractivity contribution in [2.24, 2.45) is 11.8 Å². The van der Waals surface area contributed by atoms with Gasteiger partial charge in [-0.1, -0.05) is 0 Å². The summed E-state index contributed by atoms with van der Waals surface area (Å²) in [4.78, 5) is 7.11. The molecule has 4 heterocycles. The van der Waals surface area contributed by atoms with E-state index >= 15 is 0 Å². The number of pyridine rings is 1. The van der Waals surface area contributed by atoms with Crippen LogP contribution in [0.4, 0.5) is 5.95 Å². The van der Waals surface area contributed by atoms with Gasteiger partial charge in [0.2, 0.25) is 5.95 Å². The Morgan fingerprint density at radius 3 is 3.00 bits per heavy atom. The van der Waals surface area contributed by atoms with Crippen LogP contribution in [0.25, 0.3) is 5.65 Å². The lowest BCUT2D eigenvalue weighted by Crippen LogP contribution is -2.45. The first-order chi connectivity index (χ1) is 9.57. The topological polar surface area (TPSA) is 45.5 Å². The molecule has 0 aromatic carbocycles. The maximum atomic E-state index is 4.73. The van der Waals surface area contributed by atoms with Crippen molar-refractivity contribution in [3.8, 4) is 0 Å². The van der Waals surface area contributed by atoms with E-state index in [9.17, 15) is 0 Å². The van der Waals surface area contributed by atoms with Crippen molar-refractivity contribution in [2.75, 3.05) is 24.5 Å². The molecule has 0 bridgehead atoms. The summed E-state index contributed by atoms with van der Waals surface area (Å²) in [5.74, 6) is 2.23. The van der Waals surface area contributed by atoms with Crippen molar-refractivity contribution in [3.63, 3.8) is 0 Å². The van der Waals surface area contributed by atoms with Gasteiger partial charge in [0.1, 0.15) is 0 Å². The summed E-state index contributed by atoms with van der Waals surface area (Å²) in [5.41, 5.74) is 0.986. The highest BCUT2D eigenvalue weighted by Crippen LogP contribution is 2.42. The molecule has 2 saturated heterocycles. The normalized spacial score (nSPS) is 28.2. The molecule has 2 atom stereocenters. The van der Waals surface area contributed by atoms with E-state index < -0.39 is 0 Å². The molecule has 2 aliphatic rings. The minimum Gasteiger partial charge on any atom is -0.334 e. The SMILES string of the molecule is CC1(C)C2CNCC2CN1c1nc2c(Br)cccn2n1. The minimum atomic E-state index is 0.103. The van der Waals surface area contributed by atoms with Gasteiger partial charge >= 0.3 is 0 Å². The molecule has 2 unspecified atom stereocenters. The standard InChI is InChI=1S/C14H18BrN5/c1-14(2)10-7-16-6-9(10)8-19(14)13-17-12-11(15)4-3-5-20(12)18-13/h3-5,9-10,16H,6-8H2,1-2H3. The van der Waals surface area contributed by atoms with E-state index in [0.29, 0.717) is 11.8 Å². The molecule has 2 aliphatic heterocycles. The zero-order valence-electron chi connectivity index (χ0n) is 11.7. The number of aromatic nitrogens is 3. The first-order valence-electron chi connectivity index (χ1n) is 7.06. The van der Waals surface area contributed by atoms with Gasteiger partial charge in [0, 0.05) is 31.4 Å². The van der Waals surface area contributed by atoms with Crippen LogP contribution < -0.4 is 10.2 Å². The van der Waals surface area contributed by atoms with E-state index in [0.717, 1.165) is 35.7 Å². The number of nitrogens with one attached hydrogen (secondary N) is 1. The lowest BCUT2D eigenvalue weighted by Gasteiger charge is -2.34. The van der Waals surface area contributed by atoms with Crippen LogP contribution in [0.1, 0.15) is 13.8 Å². The first kappa shape index (κ1) is 12.6. The van der Waals surface area contributed by atoms with Crippen molar-refractivity contribution >= 4 is 27.5 Å². The molecule has 4 rings (SSSR count). The molecule has 2 fully saturated rings. The summed E-state index contributed by atoms with van der Waals surface area (Å²) < 4.78 is 2.83. The minimum absolute atomic E-state index is 0.103. The zero-order chi connectivity index (χ0) is 13.9. The second-order valence-corrected chi connectivity index (χ2v) is 7.18. The van der Waals surface area contributed by atoms with Crippen molar-refractivity contribution < 1.29 is 0 Å². The summed E-state index contributed by atoms with van der Waals surface area (Å²) in [7, 11) is 0. The predicted octanol–water partition coefficient (Wildman–Crippen LogP) is 1.93. The number of fused-ring (bicyclic) bond motifs is 2. The number of rotatable bonds is 1. The molecule has 106 valence electrons. The van der Waals surface area contributed by atoms with E-state index in [1.807, 2.05) is 22.8 Å². The number of halogens is 1. The van der Waals surface area contributed by atoms with Crippen LogP contribution in [0.2, 0.25) is 0 Å². The monoisotopic (exact) mass is 335 g/mol. The molecular formula is C14H18BrN5. The van der Waals surface area contributed by atoms with Crippen LogP contribution in [0, 0.1) is 11.8 Å². The lowest BCUT2D eigenvalue weighted by molar-refractivity contribution is 0.355. The average Bonchev–Trinajstić information content (AvgIpc) is 3.06. The second kappa shape index (κ2) is 4.18. The average molecular weight is 336 g/mol. The molecule has 2 aromatic rings. The fourth-order valence-corrected chi connectivity index (χ4v) is 4.16. The third-order valence-electron chi connectivity index (χ3n) is 4.90. The van der Waals surface area contributed by atoms with Gasteiger partial charge in [-0.25, -0.2) is 4.52 Å². The number of nitrogens with zero attached hydrogens (tertiary/aromatic N) is 4. The molecule has 1 N–H and O–H groups in total. The first-order valence-corrected chi connectivity index (χ1v) is 7.86. The Morgan fingerprint density at radius 1 is 1.40 bits per heavy atom. The van der Waals surface area contributed by atoms with Gasteiger partial charge in [-0.2, -0.15) is 4.98 Å². The summed E-state index contributed by atoms with van der Waals surface area (Å²) in [6.45, 7) is 7.88. The highest BCUT2D eigenvalue weighted by molar-refractivity contribution is 9.10. The molecule has 6 heteroatoms. The highest BCUT2D eigenvalue weighted by atomic mass is 79.9. The van der Waals surface area contributed by atoms with Gasteiger partial charge in [-0.15, -0.1) is 5.10 Å². The van der Waals surface area contributed by atoms with Gasteiger partial charge in [0.25, 0.3) is 0 Å². The smallest absolute Gasteiger partial charge is 0.246 e. The quantitative estimate of drug-likeness (QED) is 0.864. The zero-order valence-corrected chi connectivity index (χ0v) is 13.3. The summed E-state index contributed by atoms with van der Waals surface area (Å²) in [6.07, 6.45) is 1.95. The van der Waals surface area contributed by atoms with Crippen LogP contribution >= 0.6 is 15.9 Å². The van der Waals surface area contributed by atoms with Crippen LogP contribution in [0.3, 0.4) is 0 Å². The van der Waals surface area contributed by atoms with E-state index in [2.05, 4.69) is 45.1 Å². The van der Waals surface area contributed by atoms with Gasteiger partial charge < -0.3 is 10.2 Å². The molecule has 5 nitrogen and oxygen atoms in total. The third kappa shape index (κ3) is 1.64. The Hall–Kier alpha value is -1.14. The van der Waals surface area contributed by atoms with Crippen molar-refractivity contribution in [1.82, 2.24) is 19.9 Å². The molecule has 0 amide bonds. The Balaban J connectivity index is 1.78. The van der Waals surface area contributed by atoms with Gasteiger partial charge in [0.05, 0.1) is 4.47 Å². The van der Waals surface area contributed by atoms with E-state index in [-0.39, 0.29) is 5.54 Å². The summed E-state index contributed by atoms with van der Waals surface area (Å²) >= 11 is 3.54. The molecule has 0 saturated carbocycles. The van der Waals surface area contributed by atoms with Crippen LogP contribution in [-0.2, 0) is 0 Å². The lowest BCUT2D eigenvalue weighted by atomic mass is 9.85. The van der Waals surface area contributed by atoms with Crippen LogP contribution in [-0.4, -0.2) is 39.8 Å². The largest absolute Gasteiger partial charge is 0.334 e. The van der Waals surface area contributed by atoms with Crippen LogP contribution in [0.15, 0.2) is 22.8 Å². The second-order valence-electron chi connectivity index (χ2n) is 6.33. The number of anilines is 1. The third-order valence-corrected chi connectivity index (χ3v) is 5.52. The Kier molecular flexibility index (Phi) is 2.63. The summed E-state index contributed by atoms with van der Waals surface area (Å²) in [5, 5.41) is 8.17. The molecule has 2 aromatic heterocycles. The molecule has 0 radical (unpaired) electrons. The fourth-order valence-electron chi connectivity index (χ4n) is 3.74. The van der Waals surface area contributed by atoms with Gasteiger partial charge in [0.15, 0.2) is 5.65 Å². The molecule has 0 aliphatic carbocycles. The van der Waals surface area contributed by atoms with Gasteiger partial charge in [-0.3, -0.25) is 0 Å². The van der Waals surface area contributed by atoms with E-state index in [1.54, 1.807) is 0 Å². The fraction of sp³-hybridized carbons (Fsp3) is 0.571. The summed E-state index contributed by atoms with van der Waals surface area (Å²) in [6, 6.07) is 3.98. The molecule has 20 heavy (non-hydrogen) atoms. The Labute approximate surface area is 126 Å². The maximum absolute atomic E-state index is 4.73. The molecule has 0 spiro atoms. The van der Waals surface area contributed by atoms with Crippen molar-refractivity contribution in [2.45, 2.75) is 19.4 Å². The number of hydrogen-bond acceptors (Lipinski definition) is 4. The highest BCUT2D eigenvalue weighted by Gasteiger charge is 2.50. The van der Waals surface area contributed by atoms with Gasteiger partial charge in [-0.05, 0) is 53.7 Å². The Bertz CT molecular complexity index is 665. The molecular weight excluding hydrogens is 318 g/mol. The Morgan fingerprint density at radius 2 is 2.25 bits per heavy atom. The van der Waals surface area contributed by atoms with Crippen molar-refractivity contribution in [3.05, 3.63) is 22.8 Å². The van der Waals surface area contributed by atoms with E-state index in [4.69, 9.17) is 4.98 Å². The van der Waals surface area contributed by atoms with Crippen molar-refractivity contribution in [1.29, 1.82) is 0 Å². The predicted molar refractivity (Wildman–Crippen MR) is 82.0 cm³/mol.